The number of aromatic carboxylic acids is 1. The fourth-order valence-electron chi connectivity index (χ4n) is 5.03. The van der Waals surface area contributed by atoms with Gasteiger partial charge in [-0.25, -0.2) is 14.6 Å². The minimum atomic E-state index is -1.11. The molecule has 226 valence electrons. The largest absolute Gasteiger partial charge is 0.490 e. The summed E-state index contributed by atoms with van der Waals surface area (Å²) < 4.78 is 12.0. The Labute approximate surface area is 255 Å². The lowest BCUT2D eigenvalue weighted by Crippen LogP contribution is -2.41. The summed E-state index contributed by atoms with van der Waals surface area (Å²) in [5.74, 6) is 0.244. The minimum absolute atomic E-state index is 0.0273. The lowest BCUT2D eigenvalue weighted by molar-refractivity contribution is -0.115. The van der Waals surface area contributed by atoms with Gasteiger partial charge in [0.15, 0.2) is 0 Å². The predicted molar refractivity (Wildman–Crippen MR) is 166 cm³/mol. The second-order valence-electron chi connectivity index (χ2n) is 10.7. The molecule has 4 aromatic rings. The van der Waals surface area contributed by atoms with Crippen LogP contribution in [0.25, 0.3) is 0 Å². The van der Waals surface area contributed by atoms with Crippen LogP contribution in [0.5, 0.6) is 17.4 Å². The number of pyridine rings is 1. The molecule has 1 saturated carbocycles. The van der Waals surface area contributed by atoms with Crippen LogP contribution in [0, 0.1) is 6.92 Å². The molecule has 3 aromatic carbocycles. The number of carboxylic acid groups (broad SMARTS) is 1. The molecule has 1 aromatic heterocycles. The Morgan fingerprint density at radius 3 is 2.32 bits per heavy atom. The van der Waals surface area contributed by atoms with Crippen LogP contribution in [-0.4, -0.2) is 40.1 Å². The molecule has 1 fully saturated rings. The second-order valence-corrected chi connectivity index (χ2v) is 10.7. The first-order valence-electron chi connectivity index (χ1n) is 14.5. The summed E-state index contributed by atoms with van der Waals surface area (Å²) in [5.41, 5.74) is 2.80. The molecule has 0 unspecified atom stereocenters. The van der Waals surface area contributed by atoms with Crippen LogP contribution in [0.4, 0.5) is 16.2 Å². The highest BCUT2D eigenvalue weighted by atomic mass is 16.5. The number of hydrogen-bond donors (Lipinski definition) is 4. The van der Waals surface area contributed by atoms with Gasteiger partial charge >= 0.3 is 12.0 Å². The third-order valence-electron chi connectivity index (χ3n) is 7.23. The van der Waals surface area contributed by atoms with E-state index in [-0.39, 0.29) is 41.8 Å². The third-order valence-corrected chi connectivity index (χ3v) is 7.23. The predicted octanol–water partition coefficient (Wildman–Crippen LogP) is 6.57. The summed E-state index contributed by atoms with van der Waals surface area (Å²) >= 11 is 0. The maximum atomic E-state index is 12.4. The minimum Gasteiger partial charge on any atom is -0.490 e. The molecule has 0 atom stereocenters. The molecule has 0 radical (unpaired) electrons. The molecular formula is C34H34N4O6. The Kier molecular flexibility index (Phi) is 9.71. The van der Waals surface area contributed by atoms with Crippen LogP contribution in [-0.2, 0) is 11.2 Å². The summed E-state index contributed by atoms with van der Waals surface area (Å²) in [6, 6.07) is 24.6. The summed E-state index contributed by atoms with van der Waals surface area (Å²) in [7, 11) is 0. The van der Waals surface area contributed by atoms with E-state index < -0.39 is 5.97 Å². The van der Waals surface area contributed by atoms with Crippen LogP contribution >= 0.6 is 0 Å². The molecule has 1 heterocycles. The average Bonchev–Trinajstić information content (AvgIpc) is 3.00. The Hall–Kier alpha value is -5.38. The van der Waals surface area contributed by atoms with Crippen LogP contribution in [0.1, 0.15) is 47.2 Å². The summed E-state index contributed by atoms with van der Waals surface area (Å²) in [6.07, 6.45) is 5.02. The number of amides is 3. The van der Waals surface area contributed by atoms with Crippen molar-refractivity contribution in [2.75, 3.05) is 10.6 Å². The first-order chi connectivity index (χ1) is 21.3. The van der Waals surface area contributed by atoms with E-state index in [1.165, 1.54) is 6.07 Å². The molecule has 5 rings (SSSR count). The van der Waals surface area contributed by atoms with Gasteiger partial charge in [0.2, 0.25) is 11.8 Å². The normalized spacial score (nSPS) is 15.9. The Morgan fingerprint density at radius 2 is 1.61 bits per heavy atom. The van der Waals surface area contributed by atoms with E-state index in [0.29, 0.717) is 17.2 Å². The molecular weight excluding hydrogens is 560 g/mol. The van der Waals surface area contributed by atoms with Crippen molar-refractivity contribution in [2.45, 2.75) is 51.2 Å². The number of carbonyl (C=O) groups is 3. The van der Waals surface area contributed by atoms with Crippen LogP contribution in [0.15, 0.2) is 91.1 Å². The van der Waals surface area contributed by atoms with Gasteiger partial charge in [-0.3, -0.25) is 4.79 Å². The maximum absolute atomic E-state index is 12.4. The quantitative estimate of drug-likeness (QED) is 0.163. The van der Waals surface area contributed by atoms with Crippen LogP contribution in [0.2, 0.25) is 0 Å². The number of aromatic nitrogens is 1. The average molecular weight is 595 g/mol. The summed E-state index contributed by atoms with van der Waals surface area (Å²) in [4.78, 5) is 40.5. The Morgan fingerprint density at radius 1 is 0.864 bits per heavy atom. The first-order valence-corrected chi connectivity index (χ1v) is 14.5. The lowest BCUT2D eigenvalue weighted by Gasteiger charge is -2.29. The van der Waals surface area contributed by atoms with Gasteiger partial charge in [-0.2, -0.15) is 0 Å². The molecule has 4 N–H and O–H groups in total. The van der Waals surface area contributed by atoms with Crippen molar-refractivity contribution >= 4 is 29.3 Å². The van der Waals surface area contributed by atoms with E-state index in [0.717, 1.165) is 42.7 Å². The summed E-state index contributed by atoms with van der Waals surface area (Å²) in [6.45, 7) is 1.99. The van der Waals surface area contributed by atoms with Gasteiger partial charge in [-0.15, -0.1) is 0 Å². The van der Waals surface area contributed by atoms with Crippen LogP contribution < -0.4 is 25.4 Å². The number of ether oxygens (including phenoxy) is 2. The van der Waals surface area contributed by atoms with Crippen molar-refractivity contribution < 1.29 is 29.0 Å². The lowest BCUT2D eigenvalue weighted by atomic mass is 9.93. The molecule has 0 spiro atoms. The van der Waals surface area contributed by atoms with Gasteiger partial charge in [0.1, 0.15) is 11.5 Å². The number of benzene rings is 3. The van der Waals surface area contributed by atoms with Gasteiger partial charge in [0.25, 0.3) is 0 Å². The van der Waals surface area contributed by atoms with Crippen molar-refractivity contribution in [1.29, 1.82) is 0 Å². The van der Waals surface area contributed by atoms with E-state index in [1.54, 1.807) is 48.7 Å². The number of para-hydroxylation sites is 1. The molecule has 44 heavy (non-hydrogen) atoms. The van der Waals surface area contributed by atoms with Crippen molar-refractivity contribution in [3.8, 4) is 17.4 Å². The Bertz CT molecular complexity index is 1600. The Balaban J connectivity index is 1.04. The number of carbonyl (C=O) groups excluding carboxylic acids is 2. The zero-order chi connectivity index (χ0) is 30.9. The molecule has 3 amide bonds. The molecule has 0 bridgehead atoms. The highest BCUT2D eigenvalue weighted by Crippen LogP contribution is 2.27. The van der Waals surface area contributed by atoms with Gasteiger partial charge < -0.3 is 30.5 Å². The number of nitrogens with one attached hydrogen (secondary N) is 3. The number of carboxylic acids is 1. The van der Waals surface area contributed by atoms with E-state index >= 15 is 0 Å². The highest BCUT2D eigenvalue weighted by molar-refractivity contribution is 6.01. The zero-order valence-corrected chi connectivity index (χ0v) is 24.3. The fraction of sp³-hybridized carbons (Fsp3) is 0.235. The maximum Gasteiger partial charge on any atom is 0.337 e. The van der Waals surface area contributed by atoms with Crippen molar-refractivity contribution in [1.82, 2.24) is 10.3 Å². The number of nitrogens with zero attached hydrogens (tertiary/aromatic N) is 1. The van der Waals surface area contributed by atoms with Crippen molar-refractivity contribution in [3.05, 3.63) is 108 Å². The molecule has 1 aliphatic carbocycles. The van der Waals surface area contributed by atoms with Gasteiger partial charge in [0.05, 0.1) is 23.8 Å². The topological polar surface area (TPSA) is 139 Å². The van der Waals surface area contributed by atoms with Crippen molar-refractivity contribution in [2.24, 2.45) is 0 Å². The first kappa shape index (κ1) is 30.1. The standard InChI is InChI=1S/C34H34N4O6/c1-22-5-4-6-25(19-22)37-34(42)36-24-10-12-26(13-11-24)43-27-14-16-28(17-15-27)44-32-18-9-23(21-35-32)20-31(39)38-30-8-3-2-7-29(30)33(40)41/h2-9,14-19,21,24,26H,10-13,20H2,1H3,(H,38,39)(H,40,41)(H2,36,37,42). The van der Waals surface area contributed by atoms with Gasteiger partial charge in [-0.1, -0.05) is 30.3 Å². The van der Waals surface area contributed by atoms with E-state index in [4.69, 9.17) is 9.47 Å². The molecule has 10 nitrogen and oxygen atoms in total. The molecule has 1 aliphatic rings. The summed E-state index contributed by atoms with van der Waals surface area (Å²) in [5, 5.41) is 17.9. The van der Waals surface area contributed by atoms with Crippen molar-refractivity contribution in [3.63, 3.8) is 0 Å². The second kappa shape index (κ2) is 14.2. The zero-order valence-electron chi connectivity index (χ0n) is 24.3. The number of rotatable bonds is 10. The third kappa shape index (κ3) is 8.57. The van der Waals surface area contributed by atoms with E-state index in [1.807, 2.05) is 43.3 Å². The van der Waals surface area contributed by atoms with E-state index in [2.05, 4.69) is 20.9 Å². The van der Waals surface area contributed by atoms with Crippen LogP contribution in [0.3, 0.4) is 0 Å². The van der Waals surface area contributed by atoms with E-state index in [9.17, 15) is 19.5 Å². The number of urea groups is 1. The highest BCUT2D eigenvalue weighted by Gasteiger charge is 2.24. The monoisotopic (exact) mass is 594 g/mol. The molecule has 0 saturated heterocycles. The number of aryl methyl sites for hydroxylation is 1. The van der Waals surface area contributed by atoms with Gasteiger partial charge in [0, 0.05) is 24.0 Å². The smallest absolute Gasteiger partial charge is 0.337 e. The van der Waals surface area contributed by atoms with Gasteiger partial charge in [-0.05, 0) is 92.3 Å². The fourth-order valence-corrected chi connectivity index (χ4v) is 5.03. The number of hydrogen-bond acceptors (Lipinski definition) is 6. The molecule has 10 heteroatoms. The molecule has 0 aliphatic heterocycles. The number of anilines is 2. The SMILES string of the molecule is Cc1cccc(NC(=O)NC2CCC(Oc3ccc(Oc4ccc(CC(=O)Nc5ccccc5C(=O)O)cn4)cc3)CC2)c1.